The third-order valence-corrected chi connectivity index (χ3v) is 7.96. The number of aliphatic carboxylic acids is 1. The fraction of sp³-hybridized carbons (Fsp3) is 0.577. The minimum atomic E-state index is -3.08. The minimum Gasteiger partial charge on any atom is -0.481 e. The van der Waals surface area contributed by atoms with Gasteiger partial charge in [-0.05, 0) is 49.8 Å². The van der Waals surface area contributed by atoms with Crippen LogP contribution < -0.4 is 10.1 Å². The zero-order chi connectivity index (χ0) is 26.8. The lowest BCUT2D eigenvalue weighted by atomic mass is 9.82. The van der Waals surface area contributed by atoms with Crippen LogP contribution in [0.3, 0.4) is 0 Å². The van der Waals surface area contributed by atoms with E-state index in [1.165, 1.54) is 18.2 Å². The van der Waals surface area contributed by atoms with Gasteiger partial charge in [-0.2, -0.15) is 13.9 Å². The number of alkyl halides is 2. The lowest BCUT2D eigenvalue weighted by Crippen LogP contribution is -2.55. The fourth-order valence-corrected chi connectivity index (χ4v) is 5.84. The maximum Gasteiger partial charge on any atom is 0.387 e. The summed E-state index contributed by atoms with van der Waals surface area (Å²) < 4.78 is 32.4. The average Bonchev–Trinajstić information content (AvgIpc) is 3.52. The van der Waals surface area contributed by atoms with Gasteiger partial charge in [0.1, 0.15) is 5.54 Å². The maximum absolute atomic E-state index is 13.9. The van der Waals surface area contributed by atoms with E-state index in [2.05, 4.69) is 20.1 Å². The number of hydrogen-bond donors (Lipinski definition) is 2. The summed E-state index contributed by atoms with van der Waals surface area (Å²) in [5.41, 5.74) is -0.873. The number of ether oxygens (including phenoxy) is 1. The van der Waals surface area contributed by atoms with E-state index in [-0.39, 0.29) is 22.4 Å². The summed E-state index contributed by atoms with van der Waals surface area (Å²) in [6.45, 7) is 2.39. The Morgan fingerprint density at radius 3 is 2.43 bits per heavy atom. The van der Waals surface area contributed by atoms with Gasteiger partial charge in [0, 0.05) is 42.6 Å². The number of anilines is 1. The molecule has 202 valence electrons. The monoisotopic (exact) mass is 538 g/mol. The van der Waals surface area contributed by atoms with Crippen molar-refractivity contribution in [3.8, 4) is 5.75 Å². The van der Waals surface area contributed by atoms with Crippen molar-refractivity contribution in [2.75, 3.05) is 25.0 Å². The molecule has 0 atom stereocenters. The number of hydrogen-bond acceptors (Lipinski definition) is 5. The van der Waals surface area contributed by atoms with Crippen molar-refractivity contribution < 1.29 is 28.2 Å². The van der Waals surface area contributed by atoms with Crippen LogP contribution in [0, 0.1) is 5.41 Å². The molecule has 11 heteroatoms. The van der Waals surface area contributed by atoms with Crippen LogP contribution in [-0.4, -0.2) is 57.9 Å². The summed E-state index contributed by atoms with van der Waals surface area (Å²) in [7, 11) is 0. The molecule has 2 heterocycles. The second-order valence-electron chi connectivity index (χ2n) is 10.4. The summed E-state index contributed by atoms with van der Waals surface area (Å²) in [5, 5.41) is 17.4. The number of nitrogens with one attached hydrogen (secondary N) is 1. The molecular weight excluding hydrogens is 506 g/mol. The number of halogens is 3. The molecule has 1 aromatic carbocycles. The minimum absolute atomic E-state index is 0.0885. The molecular formula is C26H33ClF2N4O4. The number of carboxylic acids is 1. The van der Waals surface area contributed by atoms with Crippen LogP contribution in [-0.2, 0) is 15.1 Å². The first kappa shape index (κ1) is 27.3. The van der Waals surface area contributed by atoms with Crippen molar-refractivity contribution in [1.82, 2.24) is 14.7 Å². The lowest BCUT2D eigenvalue weighted by Gasteiger charge is -2.43. The molecule has 2 fully saturated rings. The lowest BCUT2D eigenvalue weighted by molar-refractivity contribution is -0.150. The van der Waals surface area contributed by atoms with E-state index in [4.69, 9.17) is 11.6 Å². The molecule has 2 aromatic rings. The normalized spacial score (nSPS) is 19.3. The van der Waals surface area contributed by atoms with E-state index < -0.39 is 29.4 Å². The topological polar surface area (TPSA) is 96.7 Å². The molecule has 0 radical (unpaired) electrons. The predicted octanol–water partition coefficient (Wildman–Crippen LogP) is 5.34. The first-order valence-corrected chi connectivity index (χ1v) is 13.0. The molecule has 1 saturated heterocycles. The van der Waals surface area contributed by atoms with E-state index in [1.54, 1.807) is 10.9 Å². The van der Waals surface area contributed by atoms with E-state index >= 15 is 0 Å². The standard InChI is InChI=1S/C26H33ClF2N4O4/c1-17(2)20-7-12-30-33(20)26(22(34)31-19-6-5-18(27)15-21(19)37-24(28)29)10-13-32(14-11-26)16-25(23(35)36)8-3-4-9-25/h5-7,12,15,17,24H,3-4,8-11,13-14,16H2,1-2H3,(H,31,34)(H,35,36). The van der Waals surface area contributed by atoms with Crippen LogP contribution in [0.5, 0.6) is 5.75 Å². The predicted molar refractivity (Wildman–Crippen MR) is 135 cm³/mol. The fourth-order valence-electron chi connectivity index (χ4n) is 5.68. The number of amides is 1. The summed E-state index contributed by atoms with van der Waals surface area (Å²) in [4.78, 5) is 28.2. The molecule has 1 aromatic heterocycles. The first-order valence-electron chi connectivity index (χ1n) is 12.6. The SMILES string of the molecule is CC(C)c1ccnn1C1(C(=O)Nc2ccc(Cl)cc2OC(F)F)CCN(CC2(C(=O)O)CCCC2)CC1. The van der Waals surface area contributed by atoms with Gasteiger partial charge in [-0.15, -0.1) is 0 Å². The molecule has 0 spiro atoms. The number of carboxylic acid groups (broad SMARTS) is 1. The Morgan fingerprint density at radius 2 is 1.84 bits per heavy atom. The Labute approximate surface area is 219 Å². The summed E-state index contributed by atoms with van der Waals surface area (Å²) in [6, 6.07) is 6.03. The number of carbonyl (C=O) groups is 2. The van der Waals surface area contributed by atoms with Crippen LogP contribution in [0.15, 0.2) is 30.5 Å². The highest BCUT2D eigenvalue weighted by Crippen LogP contribution is 2.42. The summed E-state index contributed by atoms with van der Waals surface area (Å²) in [5.74, 6) is -1.29. The van der Waals surface area contributed by atoms with Gasteiger partial charge in [0.2, 0.25) is 0 Å². The zero-order valence-electron chi connectivity index (χ0n) is 21.1. The van der Waals surface area contributed by atoms with Crippen LogP contribution in [0.2, 0.25) is 5.02 Å². The van der Waals surface area contributed by atoms with E-state index in [9.17, 15) is 23.5 Å². The van der Waals surface area contributed by atoms with Crippen LogP contribution in [0.4, 0.5) is 14.5 Å². The van der Waals surface area contributed by atoms with Crippen LogP contribution in [0.1, 0.15) is 64.0 Å². The van der Waals surface area contributed by atoms with E-state index in [0.29, 0.717) is 45.3 Å². The van der Waals surface area contributed by atoms with Crippen molar-refractivity contribution in [1.29, 1.82) is 0 Å². The van der Waals surface area contributed by atoms with Gasteiger partial charge in [0.15, 0.2) is 5.75 Å². The molecule has 37 heavy (non-hydrogen) atoms. The molecule has 0 unspecified atom stereocenters. The van der Waals surface area contributed by atoms with Crippen LogP contribution in [0.25, 0.3) is 0 Å². The third kappa shape index (κ3) is 5.60. The highest BCUT2D eigenvalue weighted by Gasteiger charge is 2.48. The van der Waals surface area contributed by atoms with Gasteiger partial charge in [0.25, 0.3) is 5.91 Å². The summed E-state index contributed by atoms with van der Waals surface area (Å²) >= 11 is 5.97. The number of carbonyl (C=O) groups excluding carboxylic acids is 1. The molecule has 1 aliphatic carbocycles. The Hall–Kier alpha value is -2.72. The molecule has 2 aliphatic rings. The van der Waals surface area contributed by atoms with Gasteiger partial charge in [-0.1, -0.05) is 38.3 Å². The molecule has 1 saturated carbocycles. The van der Waals surface area contributed by atoms with Crippen molar-refractivity contribution in [2.24, 2.45) is 5.41 Å². The Morgan fingerprint density at radius 1 is 1.16 bits per heavy atom. The average molecular weight is 539 g/mol. The van der Waals surface area contributed by atoms with Gasteiger partial charge in [0.05, 0.1) is 11.1 Å². The quantitative estimate of drug-likeness (QED) is 0.447. The largest absolute Gasteiger partial charge is 0.481 e. The smallest absolute Gasteiger partial charge is 0.387 e. The van der Waals surface area contributed by atoms with E-state index in [0.717, 1.165) is 18.5 Å². The molecule has 2 N–H and O–H groups in total. The number of nitrogens with zero attached hydrogens (tertiary/aromatic N) is 3. The Bertz CT molecular complexity index is 1130. The number of rotatable bonds is 9. The van der Waals surface area contributed by atoms with Gasteiger partial charge >= 0.3 is 12.6 Å². The second kappa shape index (κ2) is 10.9. The third-order valence-electron chi connectivity index (χ3n) is 7.72. The van der Waals surface area contributed by atoms with E-state index in [1.807, 2.05) is 19.9 Å². The molecule has 1 amide bonds. The summed E-state index contributed by atoms with van der Waals surface area (Å²) in [6.07, 6.45) is 5.55. The van der Waals surface area contributed by atoms with Crippen molar-refractivity contribution >= 4 is 29.2 Å². The number of piperidine rings is 1. The van der Waals surface area contributed by atoms with Gasteiger partial charge < -0.3 is 20.1 Å². The molecule has 0 bridgehead atoms. The number of aromatic nitrogens is 2. The maximum atomic E-state index is 13.9. The Balaban J connectivity index is 1.62. The molecule has 4 rings (SSSR count). The second-order valence-corrected chi connectivity index (χ2v) is 10.8. The van der Waals surface area contributed by atoms with Crippen molar-refractivity contribution in [3.05, 3.63) is 41.2 Å². The zero-order valence-corrected chi connectivity index (χ0v) is 21.8. The van der Waals surface area contributed by atoms with Gasteiger partial charge in [-0.25, -0.2) is 0 Å². The Kier molecular flexibility index (Phi) is 8.08. The highest BCUT2D eigenvalue weighted by atomic mass is 35.5. The molecule has 1 aliphatic heterocycles. The van der Waals surface area contributed by atoms with Gasteiger partial charge in [-0.3, -0.25) is 14.3 Å². The van der Waals surface area contributed by atoms with Crippen LogP contribution >= 0.6 is 11.6 Å². The number of likely N-dealkylation sites (tertiary alicyclic amines) is 1. The molecule has 8 nitrogen and oxygen atoms in total. The highest BCUT2D eigenvalue weighted by molar-refractivity contribution is 6.30. The first-order chi connectivity index (χ1) is 17.6. The van der Waals surface area contributed by atoms with Crippen molar-refractivity contribution in [2.45, 2.75) is 70.4 Å². The van der Waals surface area contributed by atoms with Crippen molar-refractivity contribution in [3.63, 3.8) is 0 Å². The number of benzene rings is 1.